The van der Waals surface area contributed by atoms with Gasteiger partial charge in [-0.3, -0.25) is 9.59 Å². The molecule has 21 heavy (non-hydrogen) atoms. The van der Waals surface area contributed by atoms with Crippen LogP contribution in [0.5, 0.6) is 5.75 Å². The molecule has 1 unspecified atom stereocenters. The Morgan fingerprint density at radius 2 is 2.19 bits per heavy atom. The van der Waals surface area contributed by atoms with Crippen molar-refractivity contribution in [3.8, 4) is 5.75 Å². The smallest absolute Gasteiger partial charge is 0.257 e. The van der Waals surface area contributed by atoms with Crippen LogP contribution in [0, 0.1) is 5.92 Å². The topological polar surface area (TPSA) is 84.7 Å². The first-order chi connectivity index (χ1) is 10.1. The highest BCUT2D eigenvalue weighted by atomic mass is 16.5. The molecule has 1 fully saturated rings. The van der Waals surface area contributed by atoms with E-state index in [9.17, 15) is 9.59 Å². The SMILES string of the molecule is CNC(=O)C1CCCN(C(=O)c2ccc(N)cc2OC)C1. The van der Waals surface area contributed by atoms with Crippen molar-refractivity contribution in [1.29, 1.82) is 0 Å². The van der Waals surface area contributed by atoms with Gasteiger partial charge in [-0.2, -0.15) is 0 Å². The number of piperidine rings is 1. The van der Waals surface area contributed by atoms with Crippen molar-refractivity contribution in [2.75, 3.05) is 33.0 Å². The molecule has 0 radical (unpaired) electrons. The van der Waals surface area contributed by atoms with Crippen LogP contribution < -0.4 is 15.8 Å². The molecule has 0 saturated carbocycles. The van der Waals surface area contributed by atoms with E-state index in [0.717, 1.165) is 12.8 Å². The molecule has 1 aliphatic heterocycles. The number of nitrogens with zero attached hydrogens (tertiary/aromatic N) is 1. The molecule has 2 rings (SSSR count). The van der Waals surface area contributed by atoms with Gasteiger partial charge in [-0.05, 0) is 25.0 Å². The second-order valence-electron chi connectivity index (χ2n) is 5.16. The van der Waals surface area contributed by atoms with E-state index in [1.54, 1.807) is 30.1 Å². The van der Waals surface area contributed by atoms with E-state index in [1.165, 1.54) is 7.11 Å². The Morgan fingerprint density at radius 3 is 2.86 bits per heavy atom. The molecule has 6 nitrogen and oxygen atoms in total. The third-order valence-corrected chi connectivity index (χ3v) is 3.78. The van der Waals surface area contributed by atoms with Gasteiger partial charge in [0.25, 0.3) is 5.91 Å². The Bertz CT molecular complexity index is 545. The molecule has 0 aromatic heterocycles. The number of hydrogen-bond acceptors (Lipinski definition) is 4. The van der Waals surface area contributed by atoms with Crippen molar-refractivity contribution in [3.63, 3.8) is 0 Å². The maximum atomic E-state index is 12.6. The van der Waals surface area contributed by atoms with Crippen molar-refractivity contribution < 1.29 is 14.3 Å². The van der Waals surface area contributed by atoms with Crippen LogP contribution in [0.4, 0.5) is 5.69 Å². The number of rotatable bonds is 3. The van der Waals surface area contributed by atoms with E-state index in [4.69, 9.17) is 10.5 Å². The monoisotopic (exact) mass is 291 g/mol. The summed E-state index contributed by atoms with van der Waals surface area (Å²) in [5.74, 6) is 0.173. The Labute approximate surface area is 124 Å². The van der Waals surface area contributed by atoms with E-state index >= 15 is 0 Å². The minimum atomic E-state index is -0.146. The maximum Gasteiger partial charge on any atom is 0.257 e. The second-order valence-corrected chi connectivity index (χ2v) is 5.16. The van der Waals surface area contributed by atoms with Gasteiger partial charge >= 0.3 is 0 Å². The van der Waals surface area contributed by atoms with E-state index in [-0.39, 0.29) is 17.7 Å². The number of benzene rings is 1. The summed E-state index contributed by atoms with van der Waals surface area (Å²) in [5, 5.41) is 2.65. The van der Waals surface area contributed by atoms with Gasteiger partial charge in [0.1, 0.15) is 5.75 Å². The second kappa shape index (κ2) is 6.47. The minimum absolute atomic E-state index is 0.0169. The highest BCUT2D eigenvalue weighted by Crippen LogP contribution is 2.25. The molecular formula is C15H21N3O3. The average molecular weight is 291 g/mol. The number of carbonyl (C=O) groups excluding carboxylic acids is 2. The predicted octanol–water partition coefficient (Wildman–Crippen LogP) is 0.876. The number of anilines is 1. The zero-order valence-corrected chi connectivity index (χ0v) is 12.4. The summed E-state index contributed by atoms with van der Waals surface area (Å²) in [6, 6.07) is 4.98. The maximum absolute atomic E-state index is 12.6. The Kier molecular flexibility index (Phi) is 4.67. The van der Waals surface area contributed by atoms with E-state index in [0.29, 0.717) is 30.1 Å². The van der Waals surface area contributed by atoms with Gasteiger partial charge in [-0.25, -0.2) is 0 Å². The van der Waals surface area contributed by atoms with Crippen molar-refractivity contribution in [2.45, 2.75) is 12.8 Å². The first-order valence-corrected chi connectivity index (χ1v) is 7.01. The molecule has 3 N–H and O–H groups in total. The standard InChI is InChI=1S/C15H21N3O3/c1-17-14(19)10-4-3-7-18(9-10)15(20)12-6-5-11(16)8-13(12)21-2/h5-6,8,10H,3-4,7,9,16H2,1-2H3,(H,17,19). The van der Waals surface area contributed by atoms with Crippen LogP contribution in [-0.4, -0.2) is 44.0 Å². The van der Waals surface area contributed by atoms with Crippen molar-refractivity contribution in [2.24, 2.45) is 5.92 Å². The van der Waals surface area contributed by atoms with Gasteiger partial charge in [0.15, 0.2) is 0 Å². The van der Waals surface area contributed by atoms with Gasteiger partial charge in [-0.1, -0.05) is 0 Å². The van der Waals surface area contributed by atoms with Crippen LogP contribution in [-0.2, 0) is 4.79 Å². The van der Waals surface area contributed by atoms with Gasteiger partial charge in [0, 0.05) is 31.9 Å². The van der Waals surface area contributed by atoms with E-state index in [1.807, 2.05) is 0 Å². The quantitative estimate of drug-likeness (QED) is 0.810. The van der Waals surface area contributed by atoms with Crippen molar-refractivity contribution in [3.05, 3.63) is 23.8 Å². The summed E-state index contributed by atoms with van der Waals surface area (Å²) in [5.41, 5.74) is 6.73. The summed E-state index contributed by atoms with van der Waals surface area (Å²) in [6.45, 7) is 1.09. The fourth-order valence-corrected chi connectivity index (χ4v) is 2.63. The molecular weight excluding hydrogens is 270 g/mol. The molecule has 114 valence electrons. The summed E-state index contributed by atoms with van der Waals surface area (Å²) in [7, 11) is 3.13. The zero-order chi connectivity index (χ0) is 15.4. The summed E-state index contributed by atoms with van der Waals surface area (Å²) < 4.78 is 5.23. The highest BCUT2D eigenvalue weighted by molar-refractivity contribution is 5.97. The number of likely N-dealkylation sites (tertiary alicyclic amines) is 1. The number of nitrogen functional groups attached to an aromatic ring is 1. The molecule has 0 spiro atoms. The molecule has 1 aromatic rings. The van der Waals surface area contributed by atoms with Crippen LogP contribution in [0.25, 0.3) is 0 Å². The molecule has 6 heteroatoms. The first-order valence-electron chi connectivity index (χ1n) is 7.01. The lowest BCUT2D eigenvalue weighted by molar-refractivity contribution is -0.125. The Hall–Kier alpha value is -2.24. The number of methoxy groups -OCH3 is 1. The predicted molar refractivity (Wildman–Crippen MR) is 80.1 cm³/mol. The number of nitrogens with one attached hydrogen (secondary N) is 1. The molecule has 0 bridgehead atoms. The lowest BCUT2D eigenvalue weighted by Gasteiger charge is -2.32. The molecule has 1 atom stereocenters. The molecule has 1 aromatic carbocycles. The fourth-order valence-electron chi connectivity index (χ4n) is 2.63. The molecule has 1 heterocycles. The van der Waals surface area contributed by atoms with Gasteiger partial charge in [-0.15, -0.1) is 0 Å². The normalized spacial score (nSPS) is 18.2. The molecule has 1 aliphatic rings. The van der Waals surface area contributed by atoms with Crippen LogP contribution >= 0.6 is 0 Å². The average Bonchev–Trinajstić information content (AvgIpc) is 2.53. The lowest BCUT2D eigenvalue weighted by Crippen LogP contribution is -2.44. The molecule has 2 amide bonds. The van der Waals surface area contributed by atoms with Crippen LogP contribution in [0.3, 0.4) is 0 Å². The largest absolute Gasteiger partial charge is 0.496 e. The van der Waals surface area contributed by atoms with Gasteiger partial charge < -0.3 is 20.7 Å². The lowest BCUT2D eigenvalue weighted by atomic mass is 9.96. The highest BCUT2D eigenvalue weighted by Gasteiger charge is 2.29. The first kappa shape index (κ1) is 15.2. The van der Waals surface area contributed by atoms with Crippen LogP contribution in [0.1, 0.15) is 23.2 Å². The molecule has 1 saturated heterocycles. The van der Waals surface area contributed by atoms with E-state index in [2.05, 4.69) is 5.32 Å². The third kappa shape index (κ3) is 3.26. The van der Waals surface area contributed by atoms with Gasteiger partial charge in [0.05, 0.1) is 18.6 Å². The number of nitrogens with two attached hydrogens (primary N) is 1. The molecule has 0 aliphatic carbocycles. The van der Waals surface area contributed by atoms with Crippen LogP contribution in [0.2, 0.25) is 0 Å². The Morgan fingerprint density at radius 1 is 1.43 bits per heavy atom. The summed E-state index contributed by atoms with van der Waals surface area (Å²) in [6.07, 6.45) is 1.63. The number of carbonyl (C=O) groups is 2. The zero-order valence-electron chi connectivity index (χ0n) is 12.4. The summed E-state index contributed by atoms with van der Waals surface area (Å²) >= 11 is 0. The van der Waals surface area contributed by atoms with E-state index < -0.39 is 0 Å². The fraction of sp³-hybridized carbons (Fsp3) is 0.467. The number of amides is 2. The summed E-state index contributed by atoms with van der Waals surface area (Å²) in [4.78, 5) is 26.1. The minimum Gasteiger partial charge on any atom is -0.496 e. The number of ether oxygens (including phenoxy) is 1. The van der Waals surface area contributed by atoms with Gasteiger partial charge in [0.2, 0.25) is 5.91 Å². The Balaban J connectivity index is 2.18. The van der Waals surface area contributed by atoms with Crippen molar-refractivity contribution >= 4 is 17.5 Å². The van der Waals surface area contributed by atoms with Crippen LogP contribution in [0.15, 0.2) is 18.2 Å². The number of hydrogen-bond donors (Lipinski definition) is 2. The van der Waals surface area contributed by atoms with Crippen molar-refractivity contribution in [1.82, 2.24) is 10.2 Å². The third-order valence-electron chi connectivity index (χ3n) is 3.78.